The van der Waals surface area contributed by atoms with Crippen LogP contribution in [0.5, 0.6) is 5.75 Å². The average Bonchev–Trinajstić information content (AvgIpc) is 2.36. The molecule has 0 radical (unpaired) electrons. The topological polar surface area (TPSA) is 38.3 Å². The molecule has 0 aliphatic rings. The van der Waals surface area contributed by atoms with Crippen molar-refractivity contribution in [1.29, 1.82) is 0 Å². The van der Waals surface area contributed by atoms with Crippen molar-refractivity contribution in [2.75, 3.05) is 19.5 Å². The van der Waals surface area contributed by atoms with Crippen LogP contribution in [0, 0.1) is 5.41 Å². The molecular weight excluding hydrogens is 318 g/mol. The summed E-state index contributed by atoms with van der Waals surface area (Å²) < 4.78 is 6.06. The van der Waals surface area contributed by atoms with Crippen LogP contribution in [0.15, 0.2) is 22.7 Å². The normalized spacial score (nSPS) is 11.2. The molecule has 0 aliphatic carbocycles. The average molecular weight is 335 g/mol. The minimum Gasteiger partial charge on any atom is -0.496 e. The van der Waals surface area contributed by atoms with Gasteiger partial charge in [0, 0.05) is 16.9 Å². The zero-order valence-electron chi connectivity index (χ0n) is 10.7. The lowest BCUT2D eigenvalue weighted by Crippen LogP contribution is -2.35. The van der Waals surface area contributed by atoms with Crippen LogP contribution < -0.4 is 10.1 Å². The van der Waals surface area contributed by atoms with Gasteiger partial charge in [-0.2, -0.15) is 0 Å². The highest BCUT2D eigenvalue weighted by Crippen LogP contribution is 2.23. The summed E-state index contributed by atoms with van der Waals surface area (Å²) in [4.78, 5) is 12.0. The van der Waals surface area contributed by atoms with Gasteiger partial charge in [-0.05, 0) is 23.6 Å². The van der Waals surface area contributed by atoms with Gasteiger partial charge < -0.3 is 10.1 Å². The first-order chi connectivity index (χ1) is 8.39. The second kappa shape index (κ2) is 6.43. The Morgan fingerprint density at radius 3 is 2.72 bits per heavy atom. The summed E-state index contributed by atoms with van der Waals surface area (Å²) in [5, 5.41) is 2.87. The predicted molar refractivity (Wildman–Crippen MR) is 77.5 cm³/mol. The third kappa shape index (κ3) is 4.18. The Morgan fingerprint density at radius 1 is 1.50 bits per heavy atom. The molecule has 1 rings (SSSR count). The van der Waals surface area contributed by atoms with Gasteiger partial charge in [0.1, 0.15) is 5.75 Å². The lowest BCUT2D eigenvalue weighted by molar-refractivity contribution is 0.0937. The molecule has 0 aromatic heterocycles. The highest BCUT2D eigenvalue weighted by atomic mass is 79.9. The Kier molecular flexibility index (Phi) is 5.47. The number of carbonyl (C=O) groups is 1. The first-order valence-electron chi connectivity index (χ1n) is 5.57. The van der Waals surface area contributed by atoms with Gasteiger partial charge in [-0.15, -0.1) is 11.6 Å². The van der Waals surface area contributed by atoms with Gasteiger partial charge in [-0.1, -0.05) is 29.8 Å². The lowest BCUT2D eigenvalue weighted by atomic mass is 9.96. The molecule has 1 amide bonds. The van der Waals surface area contributed by atoms with E-state index >= 15 is 0 Å². The van der Waals surface area contributed by atoms with Crippen LogP contribution in [0.3, 0.4) is 0 Å². The molecule has 1 aromatic rings. The second-order valence-electron chi connectivity index (χ2n) is 4.83. The molecule has 1 aromatic carbocycles. The lowest BCUT2D eigenvalue weighted by Gasteiger charge is -2.21. The van der Waals surface area contributed by atoms with Gasteiger partial charge in [0.2, 0.25) is 0 Å². The van der Waals surface area contributed by atoms with Crippen molar-refractivity contribution in [2.24, 2.45) is 5.41 Å². The molecule has 5 heteroatoms. The van der Waals surface area contributed by atoms with E-state index in [-0.39, 0.29) is 11.3 Å². The van der Waals surface area contributed by atoms with Crippen molar-refractivity contribution in [3.05, 3.63) is 28.2 Å². The van der Waals surface area contributed by atoms with Gasteiger partial charge in [-0.25, -0.2) is 0 Å². The highest BCUT2D eigenvalue weighted by molar-refractivity contribution is 9.10. The number of carbonyl (C=O) groups excluding carboxylic acids is 1. The number of hydrogen-bond acceptors (Lipinski definition) is 2. The Hall–Kier alpha value is -0.740. The number of nitrogens with one attached hydrogen (secondary N) is 1. The maximum Gasteiger partial charge on any atom is 0.255 e. The summed E-state index contributed by atoms with van der Waals surface area (Å²) >= 11 is 9.16. The molecule has 0 fully saturated rings. The van der Waals surface area contributed by atoms with Crippen molar-refractivity contribution in [3.8, 4) is 5.75 Å². The first-order valence-corrected chi connectivity index (χ1v) is 6.90. The van der Waals surface area contributed by atoms with Crippen LogP contribution in [0.25, 0.3) is 0 Å². The molecule has 0 saturated heterocycles. The Bertz CT molecular complexity index is 435. The Morgan fingerprint density at radius 2 is 2.17 bits per heavy atom. The van der Waals surface area contributed by atoms with Crippen molar-refractivity contribution >= 4 is 33.4 Å². The third-order valence-electron chi connectivity index (χ3n) is 2.50. The summed E-state index contributed by atoms with van der Waals surface area (Å²) in [5.74, 6) is 0.883. The number of amides is 1. The fraction of sp³-hybridized carbons (Fsp3) is 0.462. The quantitative estimate of drug-likeness (QED) is 0.838. The van der Waals surface area contributed by atoms with E-state index in [2.05, 4.69) is 21.2 Å². The molecule has 0 unspecified atom stereocenters. The van der Waals surface area contributed by atoms with E-state index in [0.29, 0.717) is 23.7 Å². The second-order valence-corrected chi connectivity index (χ2v) is 6.01. The molecule has 18 heavy (non-hydrogen) atoms. The SMILES string of the molecule is COc1cc(Br)ccc1C(=O)NCC(C)(C)CCl. The number of hydrogen-bond donors (Lipinski definition) is 1. The third-order valence-corrected chi connectivity index (χ3v) is 3.71. The minimum absolute atomic E-state index is 0.125. The van der Waals surface area contributed by atoms with Crippen LogP contribution in [-0.2, 0) is 0 Å². The summed E-state index contributed by atoms with van der Waals surface area (Å²) in [5.41, 5.74) is 0.394. The number of methoxy groups -OCH3 is 1. The molecule has 1 N–H and O–H groups in total. The molecule has 0 saturated carbocycles. The summed E-state index contributed by atoms with van der Waals surface area (Å²) in [6, 6.07) is 5.30. The number of ether oxygens (including phenoxy) is 1. The van der Waals surface area contributed by atoms with Gasteiger partial charge in [0.25, 0.3) is 5.91 Å². The number of halogens is 2. The summed E-state index contributed by atoms with van der Waals surface area (Å²) in [6.07, 6.45) is 0. The van der Waals surface area contributed by atoms with Crippen LogP contribution >= 0.6 is 27.5 Å². The summed E-state index contributed by atoms with van der Waals surface area (Å²) in [6.45, 7) is 4.52. The Labute approximate surface area is 121 Å². The van der Waals surface area contributed by atoms with E-state index in [4.69, 9.17) is 16.3 Å². The minimum atomic E-state index is -0.155. The van der Waals surface area contributed by atoms with E-state index in [9.17, 15) is 4.79 Å². The van der Waals surface area contributed by atoms with E-state index in [1.165, 1.54) is 0 Å². The first kappa shape index (κ1) is 15.3. The van der Waals surface area contributed by atoms with E-state index in [0.717, 1.165) is 4.47 Å². The van der Waals surface area contributed by atoms with Gasteiger partial charge in [0.05, 0.1) is 12.7 Å². The Balaban J connectivity index is 2.79. The van der Waals surface area contributed by atoms with Crippen molar-refractivity contribution in [1.82, 2.24) is 5.32 Å². The number of rotatable bonds is 5. The molecule has 0 heterocycles. The van der Waals surface area contributed by atoms with Gasteiger partial charge in [0.15, 0.2) is 0 Å². The zero-order chi connectivity index (χ0) is 13.8. The van der Waals surface area contributed by atoms with Crippen molar-refractivity contribution in [2.45, 2.75) is 13.8 Å². The molecule has 0 spiro atoms. The predicted octanol–water partition coefficient (Wildman–Crippen LogP) is 3.45. The smallest absolute Gasteiger partial charge is 0.255 e. The zero-order valence-corrected chi connectivity index (χ0v) is 13.1. The standard InChI is InChI=1S/C13H17BrClNO2/c1-13(2,7-15)8-16-12(17)10-5-4-9(14)6-11(10)18-3/h4-6H,7-8H2,1-3H3,(H,16,17). The van der Waals surface area contributed by atoms with Crippen molar-refractivity contribution in [3.63, 3.8) is 0 Å². The maximum absolute atomic E-state index is 12.0. The fourth-order valence-electron chi connectivity index (χ4n) is 1.31. The van der Waals surface area contributed by atoms with Gasteiger partial charge >= 0.3 is 0 Å². The number of benzene rings is 1. The summed E-state index contributed by atoms with van der Waals surface area (Å²) in [7, 11) is 1.54. The van der Waals surface area contributed by atoms with Crippen LogP contribution in [-0.4, -0.2) is 25.4 Å². The van der Waals surface area contributed by atoms with Crippen LogP contribution in [0.1, 0.15) is 24.2 Å². The monoisotopic (exact) mass is 333 g/mol. The molecule has 0 bridgehead atoms. The van der Waals surface area contributed by atoms with Crippen LogP contribution in [0.2, 0.25) is 0 Å². The molecular formula is C13H17BrClNO2. The molecule has 3 nitrogen and oxygen atoms in total. The molecule has 0 aliphatic heterocycles. The molecule has 0 atom stereocenters. The van der Waals surface area contributed by atoms with E-state index in [1.54, 1.807) is 19.2 Å². The van der Waals surface area contributed by atoms with Crippen molar-refractivity contribution < 1.29 is 9.53 Å². The molecule has 100 valence electrons. The largest absolute Gasteiger partial charge is 0.496 e. The fourth-order valence-corrected chi connectivity index (χ4v) is 1.75. The van der Waals surface area contributed by atoms with E-state index in [1.807, 2.05) is 19.9 Å². The van der Waals surface area contributed by atoms with Crippen LogP contribution in [0.4, 0.5) is 0 Å². The number of alkyl halides is 1. The maximum atomic E-state index is 12.0. The highest BCUT2D eigenvalue weighted by Gasteiger charge is 2.19. The van der Waals surface area contributed by atoms with Gasteiger partial charge in [-0.3, -0.25) is 4.79 Å². The van der Waals surface area contributed by atoms with E-state index < -0.39 is 0 Å².